The van der Waals surface area contributed by atoms with E-state index in [1.54, 1.807) is 0 Å². The summed E-state index contributed by atoms with van der Waals surface area (Å²) in [5.41, 5.74) is 15.6. The number of hydrogen-bond acceptors (Lipinski definition) is 4. The summed E-state index contributed by atoms with van der Waals surface area (Å²) in [6.07, 6.45) is 3.37. The van der Waals surface area contributed by atoms with Gasteiger partial charge in [0.05, 0.1) is 22.8 Å². The lowest BCUT2D eigenvalue weighted by Crippen LogP contribution is -2.35. The zero-order valence-corrected chi connectivity index (χ0v) is 31.8. The third-order valence-corrected chi connectivity index (χ3v) is 12.4. The molecule has 1 unspecified atom stereocenters. The van der Waals surface area contributed by atoms with Crippen LogP contribution in [0.5, 0.6) is 0 Å². The maximum absolute atomic E-state index is 5.38. The molecular formula is C53H35N3S. The summed E-state index contributed by atoms with van der Waals surface area (Å²) < 4.78 is 2.69. The number of benzene rings is 7. The Labute approximate surface area is 335 Å². The van der Waals surface area contributed by atoms with Gasteiger partial charge in [0.15, 0.2) is 5.82 Å². The lowest BCUT2D eigenvalue weighted by atomic mass is 9.77. The van der Waals surface area contributed by atoms with Gasteiger partial charge >= 0.3 is 0 Å². The number of aromatic nitrogens is 2. The molecule has 7 aromatic carbocycles. The van der Waals surface area contributed by atoms with Crippen LogP contribution in [-0.4, -0.2) is 15.7 Å². The second-order valence-electron chi connectivity index (χ2n) is 14.7. The van der Waals surface area contributed by atoms with Crippen molar-refractivity contribution in [2.24, 2.45) is 10.9 Å². The molecule has 4 heteroatoms. The van der Waals surface area contributed by atoms with Crippen LogP contribution in [0, 0.1) is 5.92 Å². The molecule has 2 aliphatic rings. The van der Waals surface area contributed by atoms with Crippen molar-refractivity contribution < 1.29 is 0 Å². The summed E-state index contributed by atoms with van der Waals surface area (Å²) in [6, 6.07) is 66.7. The first kappa shape index (κ1) is 33.3. The number of aliphatic imine (C=N–C) groups is 1. The average Bonchev–Trinajstić information content (AvgIpc) is 3.68. The van der Waals surface area contributed by atoms with Crippen molar-refractivity contribution in [2.75, 3.05) is 0 Å². The van der Waals surface area contributed by atoms with Crippen LogP contribution in [-0.2, 0) is 0 Å². The Balaban J connectivity index is 1.00. The first-order chi connectivity index (χ1) is 28.2. The van der Waals surface area contributed by atoms with E-state index in [0.717, 1.165) is 51.5 Å². The number of rotatable bonds is 6. The minimum atomic E-state index is 0.184. The second-order valence-corrected chi connectivity index (χ2v) is 15.8. The molecule has 0 saturated heterocycles. The molecule has 0 N–H and O–H groups in total. The van der Waals surface area contributed by atoms with Crippen LogP contribution in [0.2, 0.25) is 0 Å². The van der Waals surface area contributed by atoms with E-state index in [0.29, 0.717) is 5.82 Å². The first-order valence-corrected chi connectivity index (χ1v) is 20.3. The number of nitrogens with zero attached hydrogens (tertiary/aromatic N) is 3. The Morgan fingerprint density at radius 2 is 0.982 bits per heavy atom. The Kier molecular flexibility index (Phi) is 8.15. The van der Waals surface area contributed by atoms with Gasteiger partial charge < -0.3 is 0 Å². The summed E-state index contributed by atoms with van der Waals surface area (Å²) in [7, 11) is 0. The van der Waals surface area contributed by atoms with E-state index in [1.807, 2.05) is 35.6 Å². The molecule has 0 radical (unpaired) electrons. The van der Waals surface area contributed by atoms with Gasteiger partial charge in [-0.1, -0.05) is 170 Å². The van der Waals surface area contributed by atoms with Crippen LogP contribution in [0.15, 0.2) is 193 Å². The minimum Gasteiger partial charge on any atom is -0.252 e. The van der Waals surface area contributed by atoms with Gasteiger partial charge in [0.25, 0.3) is 0 Å². The predicted octanol–water partition coefficient (Wildman–Crippen LogP) is 12.2. The highest BCUT2D eigenvalue weighted by Gasteiger charge is 2.32. The normalized spacial score (nSPS) is 14.3. The van der Waals surface area contributed by atoms with Gasteiger partial charge in [0.1, 0.15) is 0 Å². The topological polar surface area (TPSA) is 38.1 Å². The summed E-state index contributed by atoms with van der Waals surface area (Å²) in [6.45, 7) is 0. The fourth-order valence-corrected chi connectivity index (χ4v) is 9.61. The first-order valence-electron chi connectivity index (χ1n) is 19.4. The molecule has 1 aliphatic heterocycles. The second kappa shape index (κ2) is 13.9. The number of fused-ring (bicyclic) bond motifs is 6. The average molecular weight is 746 g/mol. The van der Waals surface area contributed by atoms with Crippen molar-refractivity contribution in [1.82, 2.24) is 9.97 Å². The molecular weight excluding hydrogens is 711 g/mol. The fraction of sp³-hybridized carbons (Fsp3) is 0.0377. The molecule has 57 heavy (non-hydrogen) atoms. The standard InChI is InChI=1S/C53H35N3S/c1-4-12-34(13-5-1)35-20-24-37(25-21-35)46-33-47(56-53(55-46)40-16-8-3-9-17-40)38-26-22-36(23-27-38)41-28-30-45-44(32-41)50-43(52(54-45)39-14-6-2-7-15-39)29-31-49-51(50)42-18-10-11-19-48(42)57-49/h1-28,30-33,43H,29H2. The van der Waals surface area contributed by atoms with Crippen molar-refractivity contribution in [3.05, 3.63) is 209 Å². The van der Waals surface area contributed by atoms with Gasteiger partial charge in [-0.15, -0.1) is 11.3 Å². The Hall–Kier alpha value is -7.01. The van der Waals surface area contributed by atoms with E-state index in [4.69, 9.17) is 15.0 Å². The van der Waals surface area contributed by atoms with E-state index in [-0.39, 0.29) is 5.92 Å². The van der Waals surface area contributed by atoms with Crippen molar-refractivity contribution in [3.63, 3.8) is 0 Å². The van der Waals surface area contributed by atoms with Gasteiger partial charge in [-0.25, -0.2) is 9.97 Å². The molecule has 0 fully saturated rings. The van der Waals surface area contributed by atoms with E-state index >= 15 is 0 Å². The van der Waals surface area contributed by atoms with Gasteiger partial charge in [-0.3, -0.25) is 4.99 Å². The highest BCUT2D eigenvalue weighted by Crippen LogP contribution is 2.43. The fourth-order valence-electron chi connectivity index (χ4n) is 8.44. The zero-order chi connectivity index (χ0) is 37.7. The van der Waals surface area contributed by atoms with Crippen LogP contribution < -0.4 is 9.75 Å². The van der Waals surface area contributed by atoms with E-state index in [2.05, 4.69) is 170 Å². The molecule has 0 amide bonds. The van der Waals surface area contributed by atoms with Gasteiger partial charge in [0, 0.05) is 48.0 Å². The maximum Gasteiger partial charge on any atom is 0.160 e. The SMILES string of the molecule is C1=c2sc3ccccc3c2=C2c3cc(-c4ccc(-c5cc(-c6ccc(-c7ccccc7)cc6)nc(-c6ccccc6)n5)cc4)ccc3N=C(c3ccccc3)C2C1. The molecule has 0 bridgehead atoms. The molecule has 1 aliphatic carbocycles. The molecule has 2 aromatic heterocycles. The third-order valence-electron chi connectivity index (χ3n) is 11.3. The molecule has 1 atom stereocenters. The molecule has 0 saturated carbocycles. The number of hydrogen-bond donors (Lipinski definition) is 0. The Bertz CT molecular complexity index is 3110. The Morgan fingerprint density at radius 1 is 0.456 bits per heavy atom. The summed E-state index contributed by atoms with van der Waals surface area (Å²) >= 11 is 1.90. The molecule has 11 rings (SSSR count). The highest BCUT2D eigenvalue weighted by atomic mass is 32.1. The van der Waals surface area contributed by atoms with Crippen LogP contribution in [0.1, 0.15) is 17.5 Å². The van der Waals surface area contributed by atoms with E-state index < -0.39 is 0 Å². The minimum absolute atomic E-state index is 0.184. The van der Waals surface area contributed by atoms with Crippen molar-refractivity contribution >= 4 is 44.5 Å². The molecule has 268 valence electrons. The maximum atomic E-state index is 5.38. The van der Waals surface area contributed by atoms with E-state index in [9.17, 15) is 0 Å². The molecule has 3 heterocycles. The highest BCUT2D eigenvalue weighted by molar-refractivity contribution is 7.17. The monoisotopic (exact) mass is 745 g/mol. The summed E-state index contributed by atoms with van der Waals surface area (Å²) in [5, 5.41) is 2.70. The van der Waals surface area contributed by atoms with E-state index in [1.165, 1.54) is 53.2 Å². The lowest BCUT2D eigenvalue weighted by molar-refractivity contribution is 0.905. The van der Waals surface area contributed by atoms with Crippen LogP contribution in [0.4, 0.5) is 5.69 Å². The van der Waals surface area contributed by atoms with Crippen molar-refractivity contribution in [1.29, 1.82) is 0 Å². The largest absolute Gasteiger partial charge is 0.252 e. The summed E-state index contributed by atoms with van der Waals surface area (Å²) in [5.74, 6) is 0.893. The molecule has 9 aromatic rings. The summed E-state index contributed by atoms with van der Waals surface area (Å²) in [4.78, 5) is 15.6. The Morgan fingerprint density at radius 3 is 1.65 bits per heavy atom. The van der Waals surface area contributed by atoms with Crippen LogP contribution >= 0.6 is 11.3 Å². The zero-order valence-electron chi connectivity index (χ0n) is 31.0. The van der Waals surface area contributed by atoms with Crippen LogP contribution in [0.25, 0.3) is 77.9 Å². The lowest BCUT2D eigenvalue weighted by Gasteiger charge is -2.30. The third kappa shape index (κ3) is 6.03. The van der Waals surface area contributed by atoms with Gasteiger partial charge in [0.2, 0.25) is 0 Å². The molecule has 0 spiro atoms. The molecule has 3 nitrogen and oxygen atoms in total. The number of thiophene rings is 1. The van der Waals surface area contributed by atoms with Gasteiger partial charge in [-0.05, 0) is 64.1 Å². The van der Waals surface area contributed by atoms with Crippen LogP contribution in [0.3, 0.4) is 0 Å². The smallest absolute Gasteiger partial charge is 0.160 e. The quantitative estimate of drug-likeness (QED) is 0.170. The van der Waals surface area contributed by atoms with Crippen molar-refractivity contribution in [3.8, 4) is 56.2 Å². The van der Waals surface area contributed by atoms with Gasteiger partial charge in [-0.2, -0.15) is 0 Å². The predicted molar refractivity (Wildman–Crippen MR) is 238 cm³/mol. The van der Waals surface area contributed by atoms with Crippen molar-refractivity contribution in [2.45, 2.75) is 6.42 Å².